The van der Waals surface area contributed by atoms with Gasteiger partial charge in [0.15, 0.2) is 5.13 Å². The van der Waals surface area contributed by atoms with Gasteiger partial charge in [0.05, 0.1) is 10.2 Å². The number of benzene rings is 1. The van der Waals surface area contributed by atoms with E-state index in [9.17, 15) is 0 Å². The Morgan fingerprint density at radius 1 is 1.11 bits per heavy atom. The van der Waals surface area contributed by atoms with Crippen molar-refractivity contribution in [1.29, 1.82) is 0 Å². The standard InChI is InChI=1S/C16H22N2S/c1-12-8-7-11-14-15(12)18-16(19-14)17-13-9-5-3-2-4-6-10-13/h7-8,11,13H,2-6,9-10H2,1H3,(H,17,18). The molecule has 1 aliphatic carbocycles. The molecule has 1 aromatic heterocycles. The van der Waals surface area contributed by atoms with Crippen LogP contribution in [0.5, 0.6) is 0 Å². The predicted octanol–water partition coefficient (Wildman–Crippen LogP) is 5.13. The molecule has 1 fully saturated rings. The monoisotopic (exact) mass is 274 g/mol. The SMILES string of the molecule is Cc1cccc2sc(NC3CCCCCCC3)nc12. The van der Waals surface area contributed by atoms with E-state index < -0.39 is 0 Å². The van der Waals surface area contributed by atoms with Gasteiger partial charge in [0.1, 0.15) is 0 Å². The zero-order valence-electron chi connectivity index (χ0n) is 11.6. The van der Waals surface area contributed by atoms with Crippen molar-refractivity contribution < 1.29 is 0 Å². The molecule has 0 bridgehead atoms. The van der Waals surface area contributed by atoms with Crippen LogP contribution in [0.25, 0.3) is 10.2 Å². The predicted molar refractivity (Wildman–Crippen MR) is 84.1 cm³/mol. The molecule has 1 heterocycles. The quantitative estimate of drug-likeness (QED) is 0.821. The van der Waals surface area contributed by atoms with Crippen LogP contribution in [0.3, 0.4) is 0 Å². The van der Waals surface area contributed by atoms with Gasteiger partial charge in [-0.3, -0.25) is 0 Å². The highest BCUT2D eigenvalue weighted by molar-refractivity contribution is 7.22. The summed E-state index contributed by atoms with van der Waals surface area (Å²) in [5, 5.41) is 4.78. The number of aryl methyl sites for hydroxylation is 1. The number of thiazole rings is 1. The lowest BCUT2D eigenvalue weighted by Gasteiger charge is -2.20. The second-order valence-electron chi connectivity index (χ2n) is 5.63. The van der Waals surface area contributed by atoms with Crippen LogP contribution >= 0.6 is 11.3 Å². The number of nitrogens with one attached hydrogen (secondary N) is 1. The van der Waals surface area contributed by atoms with E-state index in [1.807, 2.05) is 0 Å². The van der Waals surface area contributed by atoms with E-state index in [2.05, 4.69) is 30.4 Å². The first-order chi connectivity index (χ1) is 9.33. The minimum Gasteiger partial charge on any atom is -0.359 e. The molecule has 2 nitrogen and oxygen atoms in total. The van der Waals surface area contributed by atoms with Gasteiger partial charge in [-0.05, 0) is 31.4 Å². The normalized spacial score (nSPS) is 18.2. The largest absolute Gasteiger partial charge is 0.359 e. The molecule has 102 valence electrons. The number of hydrogen-bond acceptors (Lipinski definition) is 3. The minimum absolute atomic E-state index is 0.626. The Kier molecular flexibility index (Phi) is 4.02. The molecule has 3 rings (SSSR count). The fraction of sp³-hybridized carbons (Fsp3) is 0.562. The topological polar surface area (TPSA) is 24.9 Å². The Bertz CT molecular complexity index is 539. The summed E-state index contributed by atoms with van der Waals surface area (Å²) in [5.41, 5.74) is 2.44. The van der Waals surface area contributed by atoms with Crippen LogP contribution in [0, 0.1) is 6.92 Å². The van der Waals surface area contributed by atoms with Gasteiger partial charge in [-0.2, -0.15) is 0 Å². The van der Waals surface area contributed by atoms with Crippen molar-refractivity contribution >= 4 is 26.7 Å². The third-order valence-corrected chi connectivity index (χ3v) is 5.01. The van der Waals surface area contributed by atoms with Crippen molar-refractivity contribution in [2.45, 2.75) is 57.9 Å². The summed E-state index contributed by atoms with van der Waals surface area (Å²) in [6.07, 6.45) is 9.55. The molecule has 0 radical (unpaired) electrons. The van der Waals surface area contributed by atoms with E-state index >= 15 is 0 Å². The van der Waals surface area contributed by atoms with Crippen LogP contribution in [-0.4, -0.2) is 11.0 Å². The second-order valence-corrected chi connectivity index (χ2v) is 6.66. The summed E-state index contributed by atoms with van der Waals surface area (Å²) in [4.78, 5) is 4.77. The molecule has 0 amide bonds. The van der Waals surface area contributed by atoms with E-state index in [1.54, 1.807) is 11.3 Å². The van der Waals surface area contributed by atoms with Crippen LogP contribution in [0.15, 0.2) is 18.2 Å². The molecule has 2 aromatic rings. The molecule has 0 aliphatic heterocycles. The summed E-state index contributed by atoms with van der Waals surface area (Å²) in [6, 6.07) is 7.06. The lowest BCUT2D eigenvalue weighted by atomic mass is 9.97. The fourth-order valence-electron chi connectivity index (χ4n) is 2.92. The van der Waals surface area contributed by atoms with E-state index in [0.717, 1.165) is 5.13 Å². The first-order valence-corrected chi connectivity index (χ1v) is 8.27. The van der Waals surface area contributed by atoms with Gasteiger partial charge in [-0.1, -0.05) is 55.6 Å². The van der Waals surface area contributed by atoms with Gasteiger partial charge in [0.2, 0.25) is 0 Å². The number of fused-ring (bicyclic) bond motifs is 1. The first-order valence-electron chi connectivity index (χ1n) is 7.45. The Labute approximate surface area is 119 Å². The number of para-hydroxylation sites is 1. The van der Waals surface area contributed by atoms with E-state index in [-0.39, 0.29) is 0 Å². The Morgan fingerprint density at radius 2 is 1.84 bits per heavy atom. The third kappa shape index (κ3) is 3.08. The van der Waals surface area contributed by atoms with Crippen LogP contribution in [-0.2, 0) is 0 Å². The third-order valence-electron chi connectivity index (χ3n) is 4.05. The summed E-state index contributed by atoms with van der Waals surface area (Å²) in [5.74, 6) is 0. The maximum atomic E-state index is 4.77. The van der Waals surface area contributed by atoms with Gasteiger partial charge >= 0.3 is 0 Å². The molecule has 0 saturated heterocycles. The Balaban J connectivity index is 1.74. The van der Waals surface area contributed by atoms with Crippen LogP contribution in [0.4, 0.5) is 5.13 Å². The molecule has 3 heteroatoms. The zero-order chi connectivity index (χ0) is 13.1. The molecule has 1 aliphatic rings. The molecule has 0 spiro atoms. The Morgan fingerprint density at radius 3 is 2.58 bits per heavy atom. The van der Waals surface area contributed by atoms with Crippen LogP contribution in [0.2, 0.25) is 0 Å². The molecule has 1 saturated carbocycles. The maximum Gasteiger partial charge on any atom is 0.184 e. The van der Waals surface area contributed by atoms with E-state index in [0.29, 0.717) is 6.04 Å². The lowest BCUT2D eigenvalue weighted by molar-refractivity contribution is 0.471. The van der Waals surface area contributed by atoms with Gasteiger partial charge in [0, 0.05) is 6.04 Å². The van der Waals surface area contributed by atoms with Gasteiger partial charge in [-0.25, -0.2) is 4.98 Å². The molecule has 0 unspecified atom stereocenters. The van der Waals surface area contributed by atoms with Crippen molar-refractivity contribution in [3.8, 4) is 0 Å². The molecular formula is C16H22N2S. The highest BCUT2D eigenvalue weighted by Gasteiger charge is 2.13. The van der Waals surface area contributed by atoms with Crippen LogP contribution in [0.1, 0.15) is 50.5 Å². The summed E-state index contributed by atoms with van der Waals surface area (Å²) < 4.78 is 1.30. The van der Waals surface area contributed by atoms with Crippen molar-refractivity contribution in [2.75, 3.05) is 5.32 Å². The Hall–Kier alpha value is -1.09. The van der Waals surface area contributed by atoms with Crippen molar-refractivity contribution in [1.82, 2.24) is 4.98 Å². The molecular weight excluding hydrogens is 252 g/mol. The number of rotatable bonds is 2. The van der Waals surface area contributed by atoms with Crippen molar-refractivity contribution in [2.24, 2.45) is 0 Å². The maximum absolute atomic E-state index is 4.77. The van der Waals surface area contributed by atoms with Gasteiger partial charge in [-0.15, -0.1) is 0 Å². The lowest BCUT2D eigenvalue weighted by Crippen LogP contribution is -2.20. The fourth-order valence-corrected chi connectivity index (χ4v) is 3.94. The van der Waals surface area contributed by atoms with Crippen LogP contribution < -0.4 is 5.32 Å². The average molecular weight is 274 g/mol. The minimum atomic E-state index is 0.626. The number of anilines is 1. The highest BCUT2D eigenvalue weighted by Crippen LogP contribution is 2.29. The smallest absolute Gasteiger partial charge is 0.184 e. The highest BCUT2D eigenvalue weighted by atomic mass is 32.1. The molecule has 19 heavy (non-hydrogen) atoms. The van der Waals surface area contributed by atoms with E-state index in [4.69, 9.17) is 4.98 Å². The first kappa shape index (κ1) is 12.9. The summed E-state index contributed by atoms with van der Waals surface area (Å²) in [7, 11) is 0. The number of hydrogen-bond donors (Lipinski definition) is 1. The van der Waals surface area contributed by atoms with Gasteiger partial charge in [0.25, 0.3) is 0 Å². The molecule has 1 N–H and O–H groups in total. The summed E-state index contributed by atoms with van der Waals surface area (Å²) >= 11 is 1.79. The number of aromatic nitrogens is 1. The number of nitrogens with zero attached hydrogens (tertiary/aromatic N) is 1. The van der Waals surface area contributed by atoms with E-state index in [1.165, 1.54) is 60.7 Å². The van der Waals surface area contributed by atoms with Gasteiger partial charge < -0.3 is 5.32 Å². The summed E-state index contributed by atoms with van der Waals surface area (Å²) in [6.45, 7) is 2.14. The van der Waals surface area contributed by atoms with Crippen molar-refractivity contribution in [3.05, 3.63) is 23.8 Å². The second kappa shape index (κ2) is 5.91. The molecule has 1 aromatic carbocycles. The zero-order valence-corrected chi connectivity index (χ0v) is 12.4. The van der Waals surface area contributed by atoms with Crippen molar-refractivity contribution in [3.63, 3.8) is 0 Å². The molecule has 0 atom stereocenters. The average Bonchev–Trinajstić information content (AvgIpc) is 2.76.